The van der Waals surface area contributed by atoms with Crippen molar-refractivity contribution in [2.45, 2.75) is 37.0 Å². The lowest BCUT2D eigenvalue weighted by atomic mass is 10.0. The summed E-state index contributed by atoms with van der Waals surface area (Å²) in [5, 5.41) is 0. The maximum absolute atomic E-state index is 14.4. The van der Waals surface area contributed by atoms with Crippen LogP contribution in [-0.4, -0.2) is 32.1 Å². The monoisotopic (exact) mass is 292 g/mol. The number of hydrogen-bond donors (Lipinski definition) is 1. The Morgan fingerprint density at radius 1 is 1.05 bits per heavy atom. The average Bonchev–Trinajstić information content (AvgIpc) is 3.08. The van der Waals surface area contributed by atoms with Crippen LogP contribution in [0.5, 0.6) is 0 Å². The molecule has 114 valence electrons. The number of piperidine rings is 1. The Hall–Kier alpha value is -1.17. The molecular formula is C16H21FN2O2. The maximum Gasteiger partial charge on any atom is 0.171 e. The summed E-state index contributed by atoms with van der Waals surface area (Å²) < 4.78 is 25.8. The average molecular weight is 292 g/mol. The number of halogens is 1. The first-order chi connectivity index (χ1) is 10.1. The predicted molar refractivity (Wildman–Crippen MR) is 77.6 cm³/mol. The van der Waals surface area contributed by atoms with Gasteiger partial charge in [0.25, 0.3) is 0 Å². The molecule has 5 heteroatoms. The van der Waals surface area contributed by atoms with Gasteiger partial charge in [-0.15, -0.1) is 0 Å². The molecule has 1 aromatic rings. The second-order valence-electron chi connectivity index (χ2n) is 6.42. The van der Waals surface area contributed by atoms with E-state index in [2.05, 4.69) is 4.90 Å². The lowest BCUT2D eigenvalue weighted by Gasteiger charge is -2.38. The number of nitrogens with two attached hydrogens (primary N) is 1. The molecule has 2 heterocycles. The van der Waals surface area contributed by atoms with Gasteiger partial charge in [-0.2, -0.15) is 0 Å². The van der Waals surface area contributed by atoms with Crippen molar-refractivity contribution in [2.75, 3.05) is 31.2 Å². The van der Waals surface area contributed by atoms with Gasteiger partial charge in [0.1, 0.15) is 5.82 Å². The van der Waals surface area contributed by atoms with Gasteiger partial charge in [-0.3, -0.25) is 0 Å². The molecule has 1 aliphatic carbocycles. The number of hydrogen-bond acceptors (Lipinski definition) is 4. The standard InChI is InChI=1S/C16H21FN2O2/c17-13-11-12(15(18)3-4-15)1-2-14(13)19-7-5-16(6-8-19)20-9-10-21-16/h1-2,11H,3-10,18H2. The van der Waals surface area contributed by atoms with Gasteiger partial charge < -0.3 is 20.1 Å². The zero-order valence-corrected chi connectivity index (χ0v) is 12.1. The fourth-order valence-corrected chi connectivity index (χ4v) is 3.37. The van der Waals surface area contributed by atoms with Crippen molar-refractivity contribution < 1.29 is 13.9 Å². The summed E-state index contributed by atoms with van der Waals surface area (Å²) in [6.45, 7) is 2.84. The normalized spacial score (nSPS) is 26.3. The molecule has 3 aliphatic rings. The predicted octanol–water partition coefficient (Wildman–Crippen LogP) is 2.12. The van der Waals surface area contributed by atoms with Crippen molar-refractivity contribution in [2.24, 2.45) is 5.73 Å². The summed E-state index contributed by atoms with van der Waals surface area (Å²) in [7, 11) is 0. The summed E-state index contributed by atoms with van der Waals surface area (Å²) in [6.07, 6.45) is 3.48. The molecule has 0 aromatic heterocycles. The minimum Gasteiger partial charge on any atom is -0.369 e. The minimum absolute atomic E-state index is 0.173. The van der Waals surface area contributed by atoms with Crippen LogP contribution < -0.4 is 10.6 Å². The van der Waals surface area contributed by atoms with Crippen molar-refractivity contribution in [1.29, 1.82) is 0 Å². The molecule has 1 saturated carbocycles. The van der Waals surface area contributed by atoms with E-state index in [-0.39, 0.29) is 11.4 Å². The van der Waals surface area contributed by atoms with Crippen molar-refractivity contribution in [3.63, 3.8) is 0 Å². The summed E-state index contributed by atoms with van der Waals surface area (Å²) in [5.74, 6) is -0.587. The molecule has 1 aromatic carbocycles. The Labute approximate surface area is 124 Å². The molecule has 0 radical (unpaired) electrons. The minimum atomic E-state index is -0.414. The Balaban J connectivity index is 1.49. The number of benzene rings is 1. The smallest absolute Gasteiger partial charge is 0.171 e. The molecule has 2 saturated heterocycles. The van der Waals surface area contributed by atoms with Gasteiger partial charge in [-0.05, 0) is 30.5 Å². The third kappa shape index (κ3) is 2.33. The number of anilines is 1. The fraction of sp³-hybridized carbons (Fsp3) is 0.625. The summed E-state index contributed by atoms with van der Waals surface area (Å²) in [5.41, 5.74) is 7.43. The van der Waals surface area contributed by atoms with Crippen LogP contribution in [0.2, 0.25) is 0 Å². The highest BCUT2D eigenvalue weighted by Crippen LogP contribution is 2.43. The van der Waals surface area contributed by atoms with Gasteiger partial charge in [0.15, 0.2) is 5.79 Å². The molecule has 0 amide bonds. The Morgan fingerprint density at radius 2 is 1.71 bits per heavy atom. The highest BCUT2D eigenvalue weighted by molar-refractivity contribution is 5.51. The fourth-order valence-electron chi connectivity index (χ4n) is 3.37. The van der Waals surface area contributed by atoms with Gasteiger partial charge >= 0.3 is 0 Å². The molecule has 4 rings (SSSR count). The van der Waals surface area contributed by atoms with Crippen LogP contribution in [0.25, 0.3) is 0 Å². The first kappa shape index (κ1) is 13.5. The van der Waals surface area contributed by atoms with Crippen LogP contribution in [0, 0.1) is 5.82 Å². The first-order valence-corrected chi connectivity index (χ1v) is 7.72. The van der Waals surface area contributed by atoms with E-state index in [1.165, 1.54) is 0 Å². The number of nitrogens with zero attached hydrogens (tertiary/aromatic N) is 1. The van der Waals surface area contributed by atoms with Gasteiger partial charge in [-0.25, -0.2) is 4.39 Å². The number of ether oxygens (including phenoxy) is 2. The zero-order valence-electron chi connectivity index (χ0n) is 12.1. The molecule has 2 aliphatic heterocycles. The summed E-state index contributed by atoms with van der Waals surface area (Å²) in [4.78, 5) is 2.07. The summed E-state index contributed by atoms with van der Waals surface area (Å²) in [6, 6.07) is 5.44. The molecule has 0 atom stereocenters. The van der Waals surface area contributed by atoms with Crippen molar-refractivity contribution >= 4 is 5.69 Å². The topological polar surface area (TPSA) is 47.7 Å². The zero-order chi connectivity index (χ0) is 14.5. The van der Waals surface area contributed by atoms with E-state index in [1.54, 1.807) is 6.07 Å². The van der Waals surface area contributed by atoms with E-state index in [4.69, 9.17) is 15.2 Å². The van der Waals surface area contributed by atoms with Crippen LogP contribution in [0.1, 0.15) is 31.2 Å². The summed E-state index contributed by atoms with van der Waals surface area (Å²) >= 11 is 0. The second kappa shape index (κ2) is 4.66. The quantitative estimate of drug-likeness (QED) is 0.907. The molecule has 3 fully saturated rings. The van der Waals surface area contributed by atoms with E-state index < -0.39 is 5.79 Å². The highest BCUT2D eigenvalue weighted by Gasteiger charge is 2.42. The van der Waals surface area contributed by atoms with Crippen LogP contribution in [0.4, 0.5) is 10.1 Å². The van der Waals surface area contributed by atoms with E-state index >= 15 is 0 Å². The van der Waals surface area contributed by atoms with Gasteiger partial charge in [0, 0.05) is 31.5 Å². The first-order valence-electron chi connectivity index (χ1n) is 7.72. The molecule has 21 heavy (non-hydrogen) atoms. The SMILES string of the molecule is NC1(c2ccc(N3CCC4(CC3)OCCO4)c(F)c2)CC1. The molecule has 1 spiro atoms. The molecule has 0 unspecified atom stereocenters. The lowest BCUT2D eigenvalue weighted by Crippen LogP contribution is -2.45. The van der Waals surface area contributed by atoms with E-state index in [0.29, 0.717) is 18.9 Å². The van der Waals surface area contributed by atoms with Crippen LogP contribution in [0.15, 0.2) is 18.2 Å². The van der Waals surface area contributed by atoms with Crippen molar-refractivity contribution in [3.05, 3.63) is 29.6 Å². The molecular weight excluding hydrogens is 271 g/mol. The third-order valence-electron chi connectivity index (χ3n) is 4.99. The molecule has 4 nitrogen and oxygen atoms in total. The van der Waals surface area contributed by atoms with Gasteiger partial charge in [0.05, 0.1) is 18.9 Å². The largest absolute Gasteiger partial charge is 0.369 e. The van der Waals surface area contributed by atoms with Crippen LogP contribution in [-0.2, 0) is 15.0 Å². The maximum atomic E-state index is 14.4. The van der Waals surface area contributed by atoms with E-state index in [1.807, 2.05) is 12.1 Å². The van der Waals surface area contributed by atoms with Gasteiger partial charge in [0.2, 0.25) is 0 Å². The van der Waals surface area contributed by atoms with Crippen molar-refractivity contribution in [3.8, 4) is 0 Å². The Bertz CT molecular complexity index is 543. The van der Waals surface area contributed by atoms with Crippen molar-refractivity contribution in [1.82, 2.24) is 0 Å². The van der Waals surface area contributed by atoms with Crippen LogP contribution >= 0.6 is 0 Å². The Kier molecular flexibility index (Phi) is 3.00. The second-order valence-corrected chi connectivity index (χ2v) is 6.42. The number of rotatable bonds is 2. The van der Waals surface area contributed by atoms with Crippen LogP contribution in [0.3, 0.4) is 0 Å². The van der Waals surface area contributed by atoms with Gasteiger partial charge in [-0.1, -0.05) is 6.07 Å². The third-order valence-corrected chi connectivity index (χ3v) is 4.99. The van der Waals surface area contributed by atoms with E-state index in [0.717, 1.165) is 44.3 Å². The molecule has 0 bridgehead atoms. The lowest BCUT2D eigenvalue weighted by molar-refractivity contribution is -0.169. The van der Waals surface area contributed by atoms with E-state index in [9.17, 15) is 4.39 Å². The molecule has 2 N–H and O–H groups in total. The highest BCUT2D eigenvalue weighted by atomic mass is 19.1. The Morgan fingerprint density at radius 3 is 2.29 bits per heavy atom.